The van der Waals surface area contributed by atoms with E-state index in [-0.39, 0.29) is 5.91 Å². The number of rotatable bonds is 5. The second-order valence-electron chi connectivity index (χ2n) is 4.63. The van der Waals surface area contributed by atoms with Crippen LogP contribution in [-0.4, -0.2) is 27.4 Å². The van der Waals surface area contributed by atoms with Gasteiger partial charge in [0.25, 0.3) is 0 Å². The molecule has 3 rings (SSSR count). The summed E-state index contributed by atoms with van der Waals surface area (Å²) >= 11 is 3.22. The van der Waals surface area contributed by atoms with Crippen molar-refractivity contribution < 1.29 is 4.79 Å². The van der Waals surface area contributed by atoms with Gasteiger partial charge in [0.1, 0.15) is 5.01 Å². The monoisotopic (exact) mass is 329 g/mol. The van der Waals surface area contributed by atoms with Crippen LogP contribution in [0.15, 0.2) is 42.7 Å². The first-order valence-electron chi connectivity index (χ1n) is 6.95. The molecule has 0 aliphatic carbocycles. The Bertz CT molecular complexity index is 768. The molecule has 0 bridgehead atoms. The van der Waals surface area contributed by atoms with Gasteiger partial charge in [0.05, 0.1) is 27.9 Å². The number of anilines is 1. The molecule has 112 valence electrons. The minimum absolute atomic E-state index is 0.00454. The van der Waals surface area contributed by atoms with Crippen LogP contribution in [-0.2, 0) is 4.79 Å². The molecule has 0 spiro atoms. The lowest BCUT2D eigenvalue weighted by molar-refractivity contribution is -0.113. The summed E-state index contributed by atoms with van der Waals surface area (Å²) in [4.78, 5) is 20.6. The number of hydrogen-bond acceptors (Lipinski definition) is 5. The van der Waals surface area contributed by atoms with Crippen molar-refractivity contribution in [3.63, 3.8) is 0 Å². The van der Waals surface area contributed by atoms with Crippen LogP contribution >= 0.6 is 23.1 Å². The van der Waals surface area contributed by atoms with Crippen molar-refractivity contribution in [1.29, 1.82) is 0 Å². The van der Waals surface area contributed by atoms with Gasteiger partial charge in [-0.25, -0.2) is 4.98 Å². The Morgan fingerprint density at radius 1 is 1.32 bits per heavy atom. The maximum Gasteiger partial charge on any atom is 0.234 e. The zero-order valence-electron chi connectivity index (χ0n) is 12.1. The first-order valence-corrected chi connectivity index (χ1v) is 8.92. The largest absolute Gasteiger partial charge is 0.324 e. The summed E-state index contributed by atoms with van der Waals surface area (Å²) < 4.78 is 1.14. The van der Waals surface area contributed by atoms with E-state index in [4.69, 9.17) is 0 Å². The van der Waals surface area contributed by atoms with Crippen molar-refractivity contribution >= 4 is 44.9 Å². The molecule has 0 saturated carbocycles. The van der Waals surface area contributed by atoms with Crippen molar-refractivity contribution in [3.8, 4) is 10.6 Å². The number of carbonyl (C=O) groups is 1. The zero-order valence-corrected chi connectivity index (χ0v) is 13.7. The number of amides is 1. The third kappa shape index (κ3) is 3.45. The highest BCUT2D eigenvalue weighted by Gasteiger charge is 2.08. The van der Waals surface area contributed by atoms with E-state index in [1.54, 1.807) is 35.5 Å². The highest BCUT2D eigenvalue weighted by molar-refractivity contribution is 7.99. The Balaban J connectivity index is 1.82. The molecule has 0 atom stereocenters. The number of aromatic nitrogens is 2. The van der Waals surface area contributed by atoms with Gasteiger partial charge in [-0.3, -0.25) is 9.78 Å². The van der Waals surface area contributed by atoms with Gasteiger partial charge in [0.2, 0.25) is 5.91 Å². The molecule has 1 aromatic carbocycles. The molecule has 0 fully saturated rings. The molecule has 2 aromatic heterocycles. The van der Waals surface area contributed by atoms with E-state index in [0.29, 0.717) is 11.4 Å². The molecule has 4 nitrogen and oxygen atoms in total. The normalized spacial score (nSPS) is 10.8. The van der Waals surface area contributed by atoms with Gasteiger partial charge >= 0.3 is 0 Å². The molecule has 1 N–H and O–H groups in total. The fourth-order valence-electron chi connectivity index (χ4n) is 2.01. The second kappa shape index (κ2) is 6.89. The van der Waals surface area contributed by atoms with Gasteiger partial charge in [0.15, 0.2) is 0 Å². The van der Waals surface area contributed by atoms with Crippen LogP contribution in [0.4, 0.5) is 5.69 Å². The van der Waals surface area contributed by atoms with Crippen LogP contribution in [0.2, 0.25) is 0 Å². The minimum Gasteiger partial charge on any atom is -0.324 e. The minimum atomic E-state index is -0.00454. The molecule has 0 radical (unpaired) electrons. The lowest BCUT2D eigenvalue weighted by Gasteiger charge is -2.05. The molecule has 2 heterocycles. The van der Waals surface area contributed by atoms with Gasteiger partial charge < -0.3 is 5.32 Å². The SMILES string of the molecule is CCSCC(=O)Nc1cncc(-c2nc3ccccc3s2)c1. The number of benzene rings is 1. The van der Waals surface area contributed by atoms with Crippen LogP contribution in [0.25, 0.3) is 20.8 Å². The summed E-state index contributed by atoms with van der Waals surface area (Å²) in [6, 6.07) is 9.95. The van der Waals surface area contributed by atoms with Gasteiger partial charge in [-0.1, -0.05) is 19.1 Å². The molecule has 3 aromatic rings. The van der Waals surface area contributed by atoms with Crippen molar-refractivity contribution in [2.24, 2.45) is 0 Å². The van der Waals surface area contributed by atoms with Crippen LogP contribution in [0.5, 0.6) is 0 Å². The molecule has 22 heavy (non-hydrogen) atoms. The standard InChI is InChI=1S/C16H15N3OS2/c1-2-21-10-15(20)18-12-7-11(8-17-9-12)16-19-13-5-3-4-6-14(13)22-16/h3-9H,2,10H2,1H3,(H,18,20). The number of para-hydroxylation sites is 1. The first kappa shape index (κ1) is 15.0. The number of thiazole rings is 1. The predicted molar refractivity (Wildman–Crippen MR) is 94.5 cm³/mol. The summed E-state index contributed by atoms with van der Waals surface area (Å²) in [5.41, 5.74) is 2.61. The number of pyridine rings is 1. The van der Waals surface area contributed by atoms with Crippen molar-refractivity contribution in [2.75, 3.05) is 16.8 Å². The van der Waals surface area contributed by atoms with E-state index in [2.05, 4.69) is 21.4 Å². The van der Waals surface area contributed by atoms with Crippen LogP contribution in [0.3, 0.4) is 0 Å². The summed E-state index contributed by atoms with van der Waals surface area (Å²) in [7, 11) is 0. The van der Waals surface area contributed by atoms with Crippen LogP contribution in [0, 0.1) is 0 Å². The third-order valence-electron chi connectivity index (χ3n) is 3.00. The van der Waals surface area contributed by atoms with E-state index in [0.717, 1.165) is 26.5 Å². The van der Waals surface area contributed by atoms with E-state index in [1.807, 2.05) is 31.2 Å². The highest BCUT2D eigenvalue weighted by Crippen LogP contribution is 2.30. The third-order valence-corrected chi connectivity index (χ3v) is 4.96. The maximum absolute atomic E-state index is 11.8. The highest BCUT2D eigenvalue weighted by atomic mass is 32.2. The Labute approximate surface area is 137 Å². The number of hydrogen-bond donors (Lipinski definition) is 1. The first-order chi connectivity index (χ1) is 10.8. The predicted octanol–water partition coefficient (Wildman–Crippen LogP) is 4.05. The molecule has 6 heteroatoms. The number of nitrogens with one attached hydrogen (secondary N) is 1. The summed E-state index contributed by atoms with van der Waals surface area (Å²) in [5.74, 6) is 1.38. The number of fused-ring (bicyclic) bond motifs is 1. The topological polar surface area (TPSA) is 54.9 Å². The van der Waals surface area contributed by atoms with E-state index in [9.17, 15) is 4.79 Å². The second-order valence-corrected chi connectivity index (χ2v) is 6.94. The lowest BCUT2D eigenvalue weighted by atomic mass is 10.2. The average Bonchev–Trinajstić information content (AvgIpc) is 2.97. The smallest absolute Gasteiger partial charge is 0.234 e. The summed E-state index contributed by atoms with van der Waals surface area (Å²) in [6.07, 6.45) is 3.43. The van der Waals surface area contributed by atoms with Gasteiger partial charge in [0, 0.05) is 11.8 Å². The molecule has 0 aliphatic rings. The van der Waals surface area contributed by atoms with Gasteiger partial charge in [-0.15, -0.1) is 11.3 Å². The van der Waals surface area contributed by atoms with Gasteiger partial charge in [-0.2, -0.15) is 11.8 Å². The molecule has 0 saturated heterocycles. The maximum atomic E-state index is 11.8. The molecular weight excluding hydrogens is 314 g/mol. The zero-order chi connectivity index (χ0) is 15.4. The van der Waals surface area contributed by atoms with E-state index in [1.165, 1.54) is 0 Å². The average molecular weight is 329 g/mol. The van der Waals surface area contributed by atoms with E-state index >= 15 is 0 Å². The number of nitrogens with zero attached hydrogens (tertiary/aromatic N) is 2. The molecule has 1 amide bonds. The quantitative estimate of drug-likeness (QED) is 0.767. The molecule has 0 unspecified atom stereocenters. The summed E-state index contributed by atoms with van der Waals surface area (Å²) in [6.45, 7) is 2.03. The lowest BCUT2D eigenvalue weighted by Crippen LogP contribution is -2.14. The fourth-order valence-corrected chi connectivity index (χ4v) is 3.42. The fraction of sp³-hybridized carbons (Fsp3) is 0.188. The van der Waals surface area contributed by atoms with Crippen LogP contribution < -0.4 is 5.32 Å². The van der Waals surface area contributed by atoms with Gasteiger partial charge in [-0.05, 0) is 24.0 Å². The van der Waals surface area contributed by atoms with Crippen LogP contribution in [0.1, 0.15) is 6.92 Å². The number of thioether (sulfide) groups is 1. The summed E-state index contributed by atoms with van der Waals surface area (Å²) in [5, 5.41) is 3.79. The Morgan fingerprint density at radius 2 is 2.18 bits per heavy atom. The molecule has 0 aliphatic heterocycles. The Morgan fingerprint density at radius 3 is 3.00 bits per heavy atom. The van der Waals surface area contributed by atoms with Crippen molar-refractivity contribution in [1.82, 2.24) is 9.97 Å². The number of carbonyl (C=O) groups excluding carboxylic acids is 1. The molecular formula is C16H15N3OS2. The van der Waals surface area contributed by atoms with Crippen molar-refractivity contribution in [3.05, 3.63) is 42.7 Å². The van der Waals surface area contributed by atoms with Crippen molar-refractivity contribution in [2.45, 2.75) is 6.92 Å². The van der Waals surface area contributed by atoms with E-state index < -0.39 is 0 Å². The Kier molecular flexibility index (Phi) is 4.70. The Hall–Kier alpha value is -1.92.